The van der Waals surface area contributed by atoms with Crippen molar-refractivity contribution in [2.24, 2.45) is 11.3 Å². The number of hydrogen-bond donors (Lipinski definition) is 1. The Morgan fingerprint density at radius 1 is 1.15 bits per heavy atom. The number of fused-ring (bicyclic) bond motifs is 2. The van der Waals surface area contributed by atoms with E-state index in [1.807, 2.05) is 6.20 Å². The molecular formula is C29H34N2O2. The van der Waals surface area contributed by atoms with Gasteiger partial charge in [0.15, 0.2) is 0 Å². The molecule has 3 heterocycles. The van der Waals surface area contributed by atoms with Crippen molar-refractivity contribution in [1.29, 1.82) is 0 Å². The predicted octanol–water partition coefficient (Wildman–Crippen LogP) is 6.26. The highest BCUT2D eigenvalue weighted by Gasteiger charge is 2.65. The smallest absolute Gasteiger partial charge is 0.0980 e. The monoisotopic (exact) mass is 442 g/mol. The van der Waals surface area contributed by atoms with Gasteiger partial charge >= 0.3 is 0 Å². The van der Waals surface area contributed by atoms with E-state index in [0.29, 0.717) is 5.92 Å². The number of ether oxygens (including phenoxy) is 1. The highest BCUT2D eigenvalue weighted by molar-refractivity contribution is 5.85. The van der Waals surface area contributed by atoms with E-state index in [4.69, 9.17) is 4.74 Å². The molecule has 2 bridgehead atoms. The second-order valence-corrected chi connectivity index (χ2v) is 12.0. The molecule has 1 aromatic heterocycles. The molecular weight excluding hydrogens is 408 g/mol. The minimum absolute atomic E-state index is 0.0720. The number of rotatable bonds is 2. The third kappa shape index (κ3) is 2.58. The second-order valence-electron chi connectivity index (χ2n) is 12.0. The van der Waals surface area contributed by atoms with Crippen molar-refractivity contribution in [3.63, 3.8) is 0 Å². The van der Waals surface area contributed by atoms with Crippen LogP contribution < -0.4 is 0 Å². The molecule has 1 saturated carbocycles. The number of allylic oxidation sites excluding steroid dienone is 3. The number of nitrogens with one attached hydrogen (secondary N) is 1. The van der Waals surface area contributed by atoms with Crippen LogP contribution in [-0.4, -0.2) is 41.0 Å². The van der Waals surface area contributed by atoms with Crippen LogP contribution in [0.1, 0.15) is 57.4 Å². The van der Waals surface area contributed by atoms with Crippen LogP contribution in [0.3, 0.4) is 0 Å². The van der Waals surface area contributed by atoms with Gasteiger partial charge in [0, 0.05) is 35.9 Å². The third-order valence-electron chi connectivity index (χ3n) is 9.99. The molecule has 5 aliphatic rings. The van der Waals surface area contributed by atoms with Gasteiger partial charge in [-0.25, -0.2) is 0 Å². The maximum absolute atomic E-state index is 12.8. The molecule has 0 unspecified atom stereocenters. The molecule has 4 heteroatoms. The molecule has 172 valence electrons. The number of quaternary nitrogens is 1. The van der Waals surface area contributed by atoms with Crippen molar-refractivity contribution in [2.45, 2.75) is 69.1 Å². The number of hydroxylamine groups is 3. The van der Waals surface area contributed by atoms with E-state index in [1.54, 1.807) is 14.1 Å². The van der Waals surface area contributed by atoms with Crippen molar-refractivity contribution in [2.75, 3.05) is 14.1 Å². The highest BCUT2D eigenvalue weighted by atomic mass is 16.5. The fourth-order valence-electron chi connectivity index (χ4n) is 8.16. The summed E-state index contributed by atoms with van der Waals surface area (Å²) in [6.07, 6.45) is 16.6. The molecule has 2 aromatic rings. The second kappa shape index (κ2) is 6.29. The topological polar surface area (TPSA) is 48.1 Å². The summed E-state index contributed by atoms with van der Waals surface area (Å²) in [6, 6.07) is 9.12. The van der Waals surface area contributed by atoms with Gasteiger partial charge in [-0.3, -0.25) is 0 Å². The van der Waals surface area contributed by atoms with E-state index in [1.165, 1.54) is 33.2 Å². The lowest BCUT2D eigenvalue weighted by molar-refractivity contribution is -0.869. The Kier molecular flexibility index (Phi) is 3.86. The number of H-pyrrole nitrogens is 1. The van der Waals surface area contributed by atoms with E-state index >= 15 is 0 Å². The van der Waals surface area contributed by atoms with Gasteiger partial charge in [-0.05, 0) is 71.9 Å². The van der Waals surface area contributed by atoms with Crippen LogP contribution in [0.2, 0.25) is 0 Å². The molecule has 0 radical (unpaired) electrons. The zero-order valence-electron chi connectivity index (χ0n) is 20.0. The van der Waals surface area contributed by atoms with Crippen LogP contribution in [0, 0.1) is 16.5 Å². The van der Waals surface area contributed by atoms with Crippen molar-refractivity contribution >= 4 is 16.5 Å². The molecule has 1 aromatic carbocycles. The summed E-state index contributed by atoms with van der Waals surface area (Å²) in [4.78, 5) is 3.39. The van der Waals surface area contributed by atoms with Crippen LogP contribution in [0.5, 0.6) is 0 Å². The Morgan fingerprint density at radius 3 is 2.88 bits per heavy atom. The van der Waals surface area contributed by atoms with E-state index < -0.39 is 0 Å². The number of nitrogens with zero attached hydrogens (tertiary/aromatic N) is 1. The van der Waals surface area contributed by atoms with Gasteiger partial charge in [-0.2, -0.15) is 0 Å². The van der Waals surface area contributed by atoms with E-state index in [-0.39, 0.29) is 27.3 Å². The minimum Gasteiger partial charge on any atom is -0.633 e. The lowest BCUT2D eigenvalue weighted by Crippen LogP contribution is -2.56. The fourth-order valence-corrected chi connectivity index (χ4v) is 8.16. The lowest BCUT2D eigenvalue weighted by Gasteiger charge is -2.55. The number of hydrogen-bond acceptors (Lipinski definition) is 2. The number of benzene rings is 1. The first-order chi connectivity index (χ1) is 15.7. The first-order valence-electron chi connectivity index (χ1n) is 12.7. The maximum atomic E-state index is 12.8. The summed E-state index contributed by atoms with van der Waals surface area (Å²) in [5, 5.41) is 14.1. The average Bonchev–Trinajstić information content (AvgIpc) is 3.46. The van der Waals surface area contributed by atoms with Crippen molar-refractivity contribution < 1.29 is 9.38 Å². The SMILES string of the molecule is C[C@]12CC=C3C=C4CC[C@@H]([N+](C)(C)[O-])C[C@]45CC[C@]3(O5)[C@@H]1CC=C2c1ccc2cc[nH]c2c1. The molecule has 5 atom stereocenters. The molecule has 1 saturated heterocycles. The summed E-state index contributed by atoms with van der Waals surface area (Å²) in [5.74, 6) is 0.451. The first-order valence-corrected chi connectivity index (χ1v) is 12.7. The van der Waals surface area contributed by atoms with Crippen LogP contribution in [0.15, 0.2) is 59.8 Å². The molecule has 1 N–H and O–H groups in total. The summed E-state index contributed by atoms with van der Waals surface area (Å²) >= 11 is 0. The quantitative estimate of drug-likeness (QED) is 0.441. The molecule has 7 rings (SSSR count). The largest absolute Gasteiger partial charge is 0.633 e. The van der Waals surface area contributed by atoms with Gasteiger partial charge in [0.2, 0.25) is 0 Å². The molecule has 3 aliphatic carbocycles. The van der Waals surface area contributed by atoms with Gasteiger partial charge in [0.25, 0.3) is 0 Å². The summed E-state index contributed by atoms with van der Waals surface area (Å²) < 4.78 is 7.10. The van der Waals surface area contributed by atoms with Crippen LogP contribution in [0.4, 0.5) is 0 Å². The molecule has 4 nitrogen and oxygen atoms in total. The summed E-state index contributed by atoms with van der Waals surface area (Å²) in [6.45, 7) is 2.46. The summed E-state index contributed by atoms with van der Waals surface area (Å²) in [5.41, 5.74) is 6.56. The minimum atomic E-state index is -0.218. The standard InChI is InChI=1S/C29H34N2O2/c1-27-12-10-22-17-21-6-7-23(31(2,3)32)18-28(21)13-14-29(22,33-28)26(27)9-8-24(27)20-5-4-19-11-15-30-25(19)16-20/h4-5,8,10-11,15-17,23,26,30H,6-7,9,12-14,18H2,1-3H3/t23-,26-,27-,28-,29-/m1/s1. The highest BCUT2D eigenvalue weighted by Crippen LogP contribution is 2.67. The Bertz CT molecular complexity index is 1260. The van der Waals surface area contributed by atoms with E-state index in [9.17, 15) is 5.21 Å². The molecule has 2 spiro atoms. The average molecular weight is 443 g/mol. The van der Waals surface area contributed by atoms with Crippen molar-refractivity contribution in [3.8, 4) is 0 Å². The van der Waals surface area contributed by atoms with Gasteiger partial charge in [0.05, 0.1) is 31.3 Å². The van der Waals surface area contributed by atoms with Gasteiger partial charge in [0.1, 0.15) is 0 Å². The first kappa shape index (κ1) is 20.3. The molecule has 0 amide bonds. The van der Waals surface area contributed by atoms with Gasteiger partial charge in [-0.15, -0.1) is 0 Å². The predicted molar refractivity (Wildman–Crippen MR) is 132 cm³/mol. The Hall–Kier alpha value is -2.14. The summed E-state index contributed by atoms with van der Waals surface area (Å²) in [7, 11) is 3.61. The molecule has 33 heavy (non-hydrogen) atoms. The molecule has 2 fully saturated rings. The normalized spacial score (nSPS) is 39.5. The van der Waals surface area contributed by atoms with Crippen LogP contribution in [-0.2, 0) is 4.74 Å². The van der Waals surface area contributed by atoms with Gasteiger partial charge in [-0.1, -0.05) is 37.3 Å². The Balaban J connectivity index is 1.28. The van der Waals surface area contributed by atoms with Crippen LogP contribution in [0.25, 0.3) is 16.5 Å². The fraction of sp³-hybridized carbons (Fsp3) is 0.517. The Morgan fingerprint density at radius 2 is 2.03 bits per heavy atom. The van der Waals surface area contributed by atoms with Crippen molar-refractivity contribution in [1.82, 2.24) is 4.98 Å². The number of aromatic nitrogens is 1. The van der Waals surface area contributed by atoms with E-state index in [2.05, 4.69) is 54.4 Å². The number of aromatic amines is 1. The van der Waals surface area contributed by atoms with Gasteiger partial charge < -0.3 is 19.6 Å². The maximum Gasteiger partial charge on any atom is 0.0980 e. The third-order valence-corrected chi connectivity index (χ3v) is 9.99. The van der Waals surface area contributed by atoms with E-state index in [0.717, 1.165) is 44.9 Å². The van der Waals surface area contributed by atoms with Crippen molar-refractivity contribution in [3.05, 3.63) is 70.6 Å². The Labute approximate surface area is 196 Å². The zero-order valence-corrected chi connectivity index (χ0v) is 20.0. The lowest BCUT2D eigenvalue weighted by atomic mass is 9.58. The van der Waals surface area contributed by atoms with Crippen LogP contribution >= 0.6 is 0 Å². The molecule has 2 aliphatic heterocycles. The zero-order chi connectivity index (χ0) is 22.6.